The summed E-state index contributed by atoms with van der Waals surface area (Å²) in [7, 11) is 0. The zero-order chi connectivity index (χ0) is 17.2. The van der Waals surface area contributed by atoms with Gasteiger partial charge < -0.3 is 13.9 Å². The summed E-state index contributed by atoms with van der Waals surface area (Å²) in [5.74, 6) is 0.411. The van der Waals surface area contributed by atoms with Gasteiger partial charge in [-0.1, -0.05) is 22.4 Å². The van der Waals surface area contributed by atoms with Gasteiger partial charge in [0.05, 0.1) is 0 Å². The summed E-state index contributed by atoms with van der Waals surface area (Å²) >= 11 is 0. The SMILES string of the molecule is O=C(c1ccon1)N1CCC[C@@H]1c1nc(Cc2ccc(F)cc2)no1. The van der Waals surface area contributed by atoms with Gasteiger partial charge in [-0.15, -0.1) is 0 Å². The second-order valence-corrected chi connectivity index (χ2v) is 5.89. The summed E-state index contributed by atoms with van der Waals surface area (Å²) in [6.45, 7) is 0.603. The number of halogens is 1. The minimum absolute atomic E-state index is 0.213. The Morgan fingerprint density at radius 3 is 2.84 bits per heavy atom. The third kappa shape index (κ3) is 3.15. The maximum atomic E-state index is 13.0. The zero-order valence-corrected chi connectivity index (χ0v) is 13.3. The highest BCUT2D eigenvalue weighted by Crippen LogP contribution is 2.32. The Kier molecular flexibility index (Phi) is 4.01. The summed E-state index contributed by atoms with van der Waals surface area (Å²) in [6, 6.07) is 7.42. The predicted molar refractivity (Wildman–Crippen MR) is 83.0 cm³/mol. The van der Waals surface area contributed by atoms with Gasteiger partial charge in [0.1, 0.15) is 18.1 Å². The number of amides is 1. The van der Waals surface area contributed by atoms with Gasteiger partial charge in [-0.05, 0) is 30.5 Å². The number of carbonyl (C=O) groups is 1. The lowest BCUT2D eigenvalue weighted by Crippen LogP contribution is -2.31. The van der Waals surface area contributed by atoms with Crippen molar-refractivity contribution in [3.63, 3.8) is 0 Å². The molecule has 1 amide bonds. The van der Waals surface area contributed by atoms with E-state index in [2.05, 4.69) is 15.3 Å². The lowest BCUT2D eigenvalue weighted by atomic mass is 10.1. The molecule has 0 unspecified atom stereocenters. The highest BCUT2D eigenvalue weighted by Gasteiger charge is 2.35. The Balaban J connectivity index is 1.50. The predicted octanol–water partition coefficient (Wildman–Crippen LogP) is 2.76. The molecule has 3 aromatic rings. The molecule has 0 radical (unpaired) electrons. The number of hydrogen-bond donors (Lipinski definition) is 0. The van der Waals surface area contributed by atoms with Crippen molar-refractivity contribution in [3.05, 3.63) is 65.4 Å². The molecule has 0 aliphatic carbocycles. The fraction of sp³-hybridized carbons (Fsp3) is 0.294. The van der Waals surface area contributed by atoms with Crippen LogP contribution in [0.4, 0.5) is 4.39 Å². The molecule has 1 saturated heterocycles. The number of carbonyl (C=O) groups excluding carboxylic acids is 1. The van der Waals surface area contributed by atoms with Gasteiger partial charge >= 0.3 is 0 Å². The van der Waals surface area contributed by atoms with E-state index in [9.17, 15) is 9.18 Å². The number of aromatic nitrogens is 3. The van der Waals surface area contributed by atoms with Gasteiger partial charge in [-0.25, -0.2) is 4.39 Å². The molecular formula is C17H15FN4O3. The fourth-order valence-corrected chi connectivity index (χ4v) is 3.00. The monoisotopic (exact) mass is 342 g/mol. The first-order valence-electron chi connectivity index (χ1n) is 7.99. The van der Waals surface area contributed by atoms with E-state index in [-0.39, 0.29) is 23.5 Å². The van der Waals surface area contributed by atoms with Gasteiger partial charge in [-0.3, -0.25) is 4.79 Å². The zero-order valence-electron chi connectivity index (χ0n) is 13.3. The highest BCUT2D eigenvalue weighted by molar-refractivity contribution is 5.92. The molecule has 128 valence electrons. The first-order chi connectivity index (χ1) is 12.2. The van der Waals surface area contributed by atoms with Crippen LogP contribution in [-0.2, 0) is 6.42 Å². The van der Waals surface area contributed by atoms with Crippen LogP contribution >= 0.6 is 0 Å². The molecule has 1 atom stereocenters. The Morgan fingerprint density at radius 2 is 2.08 bits per heavy atom. The standard InChI is InChI=1S/C17H15FN4O3/c18-12-5-3-11(4-6-12)10-15-19-16(25-21-15)14-2-1-8-22(14)17(23)13-7-9-24-20-13/h3-7,9,14H,1-2,8,10H2/t14-/m1/s1. The van der Waals surface area contributed by atoms with E-state index in [4.69, 9.17) is 9.05 Å². The third-order valence-electron chi connectivity index (χ3n) is 4.21. The smallest absolute Gasteiger partial charge is 0.276 e. The van der Waals surface area contributed by atoms with Crippen molar-refractivity contribution in [2.45, 2.75) is 25.3 Å². The van der Waals surface area contributed by atoms with E-state index < -0.39 is 0 Å². The average molecular weight is 342 g/mol. The maximum absolute atomic E-state index is 13.0. The van der Waals surface area contributed by atoms with E-state index in [0.717, 1.165) is 18.4 Å². The number of rotatable bonds is 4. The van der Waals surface area contributed by atoms with Crippen LogP contribution in [0.25, 0.3) is 0 Å². The van der Waals surface area contributed by atoms with Crippen LogP contribution in [0.15, 0.2) is 45.6 Å². The number of likely N-dealkylation sites (tertiary alicyclic amines) is 1. The molecule has 2 aromatic heterocycles. The molecule has 1 aromatic carbocycles. The molecule has 7 nitrogen and oxygen atoms in total. The molecule has 1 fully saturated rings. The average Bonchev–Trinajstić information content (AvgIpc) is 3.37. The minimum Gasteiger partial charge on any atom is -0.364 e. The molecule has 4 rings (SSSR count). The van der Waals surface area contributed by atoms with Crippen LogP contribution in [0.5, 0.6) is 0 Å². The number of hydrogen-bond acceptors (Lipinski definition) is 6. The largest absolute Gasteiger partial charge is 0.364 e. The molecule has 25 heavy (non-hydrogen) atoms. The van der Waals surface area contributed by atoms with Gasteiger partial charge in [0.15, 0.2) is 11.5 Å². The third-order valence-corrected chi connectivity index (χ3v) is 4.21. The van der Waals surface area contributed by atoms with E-state index in [1.54, 1.807) is 17.0 Å². The second kappa shape index (κ2) is 6.46. The van der Waals surface area contributed by atoms with Crippen LogP contribution < -0.4 is 0 Å². The molecule has 1 aliphatic rings. The summed E-state index contributed by atoms with van der Waals surface area (Å²) in [4.78, 5) is 18.6. The van der Waals surface area contributed by atoms with Crippen molar-refractivity contribution in [2.24, 2.45) is 0 Å². The molecule has 0 N–H and O–H groups in total. The van der Waals surface area contributed by atoms with Gasteiger partial charge in [0, 0.05) is 19.0 Å². The molecule has 0 bridgehead atoms. The fourth-order valence-electron chi connectivity index (χ4n) is 3.00. The van der Waals surface area contributed by atoms with Crippen molar-refractivity contribution < 1.29 is 18.2 Å². The molecule has 0 saturated carbocycles. The molecule has 0 spiro atoms. The van der Waals surface area contributed by atoms with Crippen LogP contribution in [-0.4, -0.2) is 32.6 Å². The lowest BCUT2D eigenvalue weighted by molar-refractivity contribution is 0.0699. The van der Waals surface area contributed by atoms with Crippen molar-refractivity contribution >= 4 is 5.91 Å². The van der Waals surface area contributed by atoms with Crippen LogP contribution in [0.3, 0.4) is 0 Å². The van der Waals surface area contributed by atoms with Crippen molar-refractivity contribution in [1.82, 2.24) is 20.2 Å². The van der Waals surface area contributed by atoms with Crippen LogP contribution in [0.2, 0.25) is 0 Å². The highest BCUT2D eigenvalue weighted by atomic mass is 19.1. The van der Waals surface area contributed by atoms with E-state index >= 15 is 0 Å². The van der Waals surface area contributed by atoms with Crippen molar-refractivity contribution in [3.8, 4) is 0 Å². The normalized spacial score (nSPS) is 17.2. The maximum Gasteiger partial charge on any atom is 0.276 e. The first kappa shape index (κ1) is 15.5. The van der Waals surface area contributed by atoms with Crippen LogP contribution in [0.1, 0.15) is 46.7 Å². The van der Waals surface area contributed by atoms with E-state index in [1.807, 2.05) is 0 Å². The first-order valence-corrected chi connectivity index (χ1v) is 7.99. The Hall–Kier alpha value is -3.03. The summed E-state index contributed by atoms with van der Waals surface area (Å²) in [5, 5.41) is 7.68. The Labute approximate surface area is 142 Å². The lowest BCUT2D eigenvalue weighted by Gasteiger charge is -2.20. The molecule has 8 heteroatoms. The van der Waals surface area contributed by atoms with E-state index in [1.165, 1.54) is 24.5 Å². The van der Waals surface area contributed by atoms with Crippen LogP contribution in [0, 0.1) is 5.82 Å². The summed E-state index contributed by atoms with van der Waals surface area (Å²) < 4.78 is 23.1. The molecule has 1 aliphatic heterocycles. The van der Waals surface area contributed by atoms with Gasteiger partial charge in [-0.2, -0.15) is 4.98 Å². The van der Waals surface area contributed by atoms with Crippen molar-refractivity contribution in [1.29, 1.82) is 0 Å². The Bertz CT molecular complexity index is 860. The summed E-state index contributed by atoms with van der Waals surface area (Å²) in [5.41, 5.74) is 1.15. The van der Waals surface area contributed by atoms with Crippen molar-refractivity contribution in [2.75, 3.05) is 6.54 Å². The number of benzene rings is 1. The number of nitrogens with zero attached hydrogens (tertiary/aromatic N) is 4. The van der Waals surface area contributed by atoms with Gasteiger partial charge in [0.2, 0.25) is 5.89 Å². The molecule has 3 heterocycles. The van der Waals surface area contributed by atoms with E-state index in [0.29, 0.717) is 24.7 Å². The minimum atomic E-state index is -0.287. The Morgan fingerprint density at radius 1 is 1.24 bits per heavy atom. The summed E-state index contributed by atoms with van der Waals surface area (Å²) in [6.07, 6.45) is 3.41. The topological polar surface area (TPSA) is 85.3 Å². The van der Waals surface area contributed by atoms with Gasteiger partial charge in [0.25, 0.3) is 5.91 Å². The quantitative estimate of drug-likeness (QED) is 0.725. The molecular weight excluding hydrogens is 327 g/mol. The second-order valence-electron chi connectivity index (χ2n) is 5.89.